The number of carbonyl (C=O) groups is 1. The molecule has 0 bridgehead atoms. The summed E-state index contributed by atoms with van der Waals surface area (Å²) in [6.45, 7) is 3.32. The lowest BCUT2D eigenvalue weighted by Crippen LogP contribution is -2.49. The molecule has 2 aromatic carbocycles. The quantitative estimate of drug-likeness (QED) is 0.310. The van der Waals surface area contributed by atoms with Crippen molar-refractivity contribution in [3.05, 3.63) is 48.1 Å². The number of anilines is 1. The molecule has 0 fully saturated rings. The molecule has 4 unspecified atom stereocenters. The molecule has 0 N–H and O–H groups in total. The number of ether oxygens (including phenoxy) is 1. The lowest BCUT2D eigenvalue weighted by molar-refractivity contribution is -0.138. The van der Waals surface area contributed by atoms with Crippen molar-refractivity contribution < 1.29 is 31.5 Å². The Hall–Kier alpha value is -1.61. The predicted octanol–water partition coefficient (Wildman–Crippen LogP) is 3.32. The standard InChI is InChI=1S/C17H13F5NO2P3/c1-2-3-23-8-4-6(7(18)5-9(8)25-17(22,28)16(23)24)10-11(19)12(20)13(21)15(27)14(10)26/h2,4-5H,1,3,26-28H2. The van der Waals surface area contributed by atoms with Crippen molar-refractivity contribution in [3.8, 4) is 16.9 Å². The third-order valence-corrected chi connectivity index (χ3v) is 5.98. The van der Waals surface area contributed by atoms with Gasteiger partial charge in [0, 0.05) is 29.0 Å². The number of hydrogen-bond acceptors (Lipinski definition) is 2. The van der Waals surface area contributed by atoms with Crippen molar-refractivity contribution in [1.82, 2.24) is 0 Å². The number of amides is 1. The molecule has 0 aromatic heterocycles. The lowest BCUT2D eigenvalue weighted by atomic mass is 10.0. The minimum atomic E-state index is -2.82. The molecule has 0 saturated carbocycles. The van der Waals surface area contributed by atoms with E-state index in [1.54, 1.807) is 9.24 Å². The topological polar surface area (TPSA) is 29.5 Å². The van der Waals surface area contributed by atoms with E-state index in [2.05, 4.69) is 6.58 Å². The Morgan fingerprint density at radius 2 is 1.75 bits per heavy atom. The number of rotatable bonds is 3. The van der Waals surface area contributed by atoms with Gasteiger partial charge in [-0.1, -0.05) is 6.08 Å². The van der Waals surface area contributed by atoms with Crippen LogP contribution in [0.5, 0.6) is 5.75 Å². The molecule has 11 heteroatoms. The van der Waals surface area contributed by atoms with Crippen LogP contribution in [0.4, 0.5) is 27.6 Å². The highest BCUT2D eigenvalue weighted by Gasteiger charge is 2.45. The second kappa shape index (κ2) is 7.33. The van der Waals surface area contributed by atoms with Gasteiger partial charge in [-0.3, -0.25) is 9.69 Å². The molecule has 0 spiro atoms. The Labute approximate surface area is 163 Å². The van der Waals surface area contributed by atoms with Gasteiger partial charge in [0.2, 0.25) is 0 Å². The lowest BCUT2D eigenvalue weighted by Gasteiger charge is -2.35. The summed E-state index contributed by atoms with van der Waals surface area (Å²) < 4.78 is 76.1. The van der Waals surface area contributed by atoms with Crippen LogP contribution in [-0.2, 0) is 4.79 Å². The Kier molecular flexibility index (Phi) is 5.53. The maximum Gasteiger partial charge on any atom is 0.338 e. The molecule has 3 rings (SSSR count). The number of alkyl halides is 1. The Morgan fingerprint density at radius 1 is 1.11 bits per heavy atom. The molecule has 3 nitrogen and oxygen atoms in total. The summed E-state index contributed by atoms with van der Waals surface area (Å²) >= 11 is 0. The van der Waals surface area contributed by atoms with Crippen LogP contribution in [0.1, 0.15) is 0 Å². The van der Waals surface area contributed by atoms with Crippen LogP contribution in [0.3, 0.4) is 0 Å². The van der Waals surface area contributed by atoms with Gasteiger partial charge in [0.25, 0.3) is 0 Å². The number of nitrogens with zero attached hydrogens (tertiary/aromatic N) is 1. The summed E-state index contributed by atoms with van der Waals surface area (Å²) in [6, 6.07) is 1.76. The molecule has 1 aliphatic rings. The maximum absolute atomic E-state index is 14.7. The molecule has 1 amide bonds. The van der Waals surface area contributed by atoms with Crippen LogP contribution in [0.2, 0.25) is 0 Å². The molecule has 2 aromatic rings. The van der Waals surface area contributed by atoms with Crippen molar-refractivity contribution in [2.24, 2.45) is 0 Å². The van der Waals surface area contributed by atoms with Gasteiger partial charge in [-0.2, -0.15) is 4.39 Å². The van der Waals surface area contributed by atoms with E-state index in [1.165, 1.54) is 6.08 Å². The molecule has 0 aliphatic carbocycles. The van der Waals surface area contributed by atoms with Gasteiger partial charge >= 0.3 is 11.5 Å². The minimum Gasteiger partial charge on any atom is -0.445 e. The zero-order valence-corrected chi connectivity index (χ0v) is 17.5. The number of fused-ring (bicyclic) bond motifs is 1. The molecule has 148 valence electrons. The molecule has 28 heavy (non-hydrogen) atoms. The van der Waals surface area contributed by atoms with Crippen molar-refractivity contribution in [1.29, 1.82) is 0 Å². The van der Waals surface area contributed by atoms with Gasteiger partial charge in [0.05, 0.1) is 5.69 Å². The molecule has 1 aliphatic heterocycles. The van der Waals surface area contributed by atoms with Crippen LogP contribution in [0.25, 0.3) is 11.1 Å². The highest BCUT2D eigenvalue weighted by Crippen LogP contribution is 2.44. The molecular formula is C17H13F5NO2P3. The molecule has 0 radical (unpaired) electrons. The van der Waals surface area contributed by atoms with Crippen LogP contribution in [-0.4, -0.2) is 18.0 Å². The normalized spacial score (nSPS) is 18.7. The Morgan fingerprint density at radius 3 is 2.36 bits per heavy atom. The van der Waals surface area contributed by atoms with Crippen LogP contribution in [0.15, 0.2) is 24.8 Å². The van der Waals surface area contributed by atoms with Gasteiger partial charge in [-0.15, -0.1) is 25.1 Å². The van der Waals surface area contributed by atoms with Crippen LogP contribution < -0.4 is 20.2 Å². The second-order valence-corrected chi connectivity index (χ2v) is 7.79. The van der Waals surface area contributed by atoms with Crippen LogP contribution in [0, 0.1) is 23.3 Å². The van der Waals surface area contributed by atoms with Crippen molar-refractivity contribution in [3.63, 3.8) is 0 Å². The monoisotopic (exact) mass is 451 g/mol. The number of halogens is 5. The fraction of sp³-hybridized carbons (Fsp3) is 0.118. The van der Waals surface area contributed by atoms with Gasteiger partial charge in [-0.25, -0.2) is 17.6 Å². The van der Waals surface area contributed by atoms with E-state index in [9.17, 15) is 26.7 Å². The zero-order chi connectivity index (χ0) is 21.0. The first-order valence-electron chi connectivity index (χ1n) is 7.66. The highest BCUT2D eigenvalue weighted by molar-refractivity contribution is 7.36. The van der Waals surface area contributed by atoms with E-state index < -0.39 is 45.9 Å². The summed E-state index contributed by atoms with van der Waals surface area (Å²) in [5.74, 6) is -7.30. The van der Waals surface area contributed by atoms with Gasteiger partial charge in [0.15, 0.2) is 23.2 Å². The smallest absolute Gasteiger partial charge is 0.338 e. The zero-order valence-electron chi connectivity index (χ0n) is 14.0. The fourth-order valence-corrected chi connectivity index (χ4v) is 3.76. The van der Waals surface area contributed by atoms with E-state index in [0.717, 1.165) is 17.0 Å². The van der Waals surface area contributed by atoms with Gasteiger partial charge in [-0.05, 0) is 20.6 Å². The van der Waals surface area contributed by atoms with E-state index in [1.807, 2.05) is 18.5 Å². The average Bonchev–Trinajstić information content (AvgIpc) is 2.63. The summed E-state index contributed by atoms with van der Waals surface area (Å²) in [7, 11) is 5.52. The summed E-state index contributed by atoms with van der Waals surface area (Å²) in [5.41, 5.74) is -3.90. The molecule has 4 atom stereocenters. The summed E-state index contributed by atoms with van der Waals surface area (Å²) in [5, 5.41) is -0.441. The van der Waals surface area contributed by atoms with Gasteiger partial charge < -0.3 is 4.74 Å². The molecular weight excluding hydrogens is 438 g/mol. The highest BCUT2D eigenvalue weighted by atomic mass is 31.0. The first-order valence-corrected chi connectivity index (χ1v) is 9.39. The molecule has 0 saturated heterocycles. The average molecular weight is 451 g/mol. The van der Waals surface area contributed by atoms with Crippen molar-refractivity contribution >= 4 is 49.9 Å². The Balaban J connectivity index is 2.31. The number of carbonyl (C=O) groups excluding carboxylic acids is 1. The third-order valence-electron chi connectivity index (χ3n) is 4.12. The van der Waals surface area contributed by atoms with Crippen molar-refractivity contribution in [2.45, 2.75) is 5.60 Å². The van der Waals surface area contributed by atoms with E-state index in [0.29, 0.717) is 0 Å². The van der Waals surface area contributed by atoms with E-state index in [-0.39, 0.29) is 28.6 Å². The Bertz CT molecular complexity index is 1000. The number of benzene rings is 2. The number of hydrogen-bond donors (Lipinski definition) is 0. The minimum absolute atomic E-state index is 0.0733. The first-order chi connectivity index (χ1) is 13.0. The van der Waals surface area contributed by atoms with Gasteiger partial charge in [0.1, 0.15) is 5.82 Å². The summed E-state index contributed by atoms with van der Waals surface area (Å²) in [6.07, 6.45) is 1.30. The van der Waals surface area contributed by atoms with E-state index >= 15 is 0 Å². The van der Waals surface area contributed by atoms with Crippen molar-refractivity contribution in [2.75, 3.05) is 11.4 Å². The summed E-state index contributed by atoms with van der Waals surface area (Å²) in [4.78, 5) is 13.2. The fourth-order valence-electron chi connectivity index (χ4n) is 2.79. The largest absolute Gasteiger partial charge is 0.445 e. The second-order valence-electron chi connectivity index (χ2n) is 5.90. The third kappa shape index (κ3) is 3.22. The van der Waals surface area contributed by atoms with Crippen LogP contribution >= 0.6 is 27.7 Å². The maximum atomic E-state index is 14.7. The van der Waals surface area contributed by atoms with E-state index in [4.69, 9.17) is 4.74 Å². The predicted molar refractivity (Wildman–Crippen MR) is 107 cm³/mol. The molecule has 1 heterocycles. The first kappa shape index (κ1) is 21.1. The SMILES string of the molecule is C=CCN1C(=O)C(F)(P)Oc2cc(F)c(-c3c(F)c(F)c(F)c(P)c3P)cc21.